The van der Waals surface area contributed by atoms with Gasteiger partial charge >= 0.3 is 0 Å². The van der Waals surface area contributed by atoms with E-state index in [-0.39, 0.29) is 11.2 Å². The second kappa shape index (κ2) is 9.53. The van der Waals surface area contributed by atoms with Crippen molar-refractivity contribution >= 4 is 17.7 Å². The predicted molar refractivity (Wildman–Crippen MR) is 119 cm³/mol. The van der Waals surface area contributed by atoms with Gasteiger partial charge in [0.15, 0.2) is 10.9 Å². The van der Waals surface area contributed by atoms with Crippen LogP contribution < -0.4 is 10.1 Å². The number of amides is 1. The summed E-state index contributed by atoms with van der Waals surface area (Å²) in [5.41, 5.74) is 1.89. The Morgan fingerprint density at radius 1 is 1.10 bits per heavy atom. The van der Waals surface area contributed by atoms with Crippen LogP contribution in [0.2, 0.25) is 0 Å². The van der Waals surface area contributed by atoms with Crippen molar-refractivity contribution in [2.24, 2.45) is 0 Å². The molecule has 2 aromatic heterocycles. The first-order valence-corrected chi connectivity index (χ1v) is 10.7. The van der Waals surface area contributed by atoms with Gasteiger partial charge in [-0.3, -0.25) is 9.36 Å². The lowest BCUT2D eigenvalue weighted by molar-refractivity contribution is -0.120. The van der Waals surface area contributed by atoms with Crippen molar-refractivity contribution in [1.29, 1.82) is 0 Å². The zero-order valence-corrected chi connectivity index (χ0v) is 18.0. The normalized spacial score (nSPS) is 11.8. The Bertz CT molecular complexity index is 1130. The Kier molecular flexibility index (Phi) is 6.37. The van der Waals surface area contributed by atoms with Crippen molar-refractivity contribution in [1.82, 2.24) is 20.1 Å². The molecule has 2 heterocycles. The zero-order chi connectivity index (χ0) is 21.6. The van der Waals surface area contributed by atoms with Crippen LogP contribution in [0.1, 0.15) is 12.5 Å². The van der Waals surface area contributed by atoms with Gasteiger partial charge in [-0.15, -0.1) is 10.2 Å². The number of hydrogen-bond donors (Lipinski definition) is 1. The molecule has 4 rings (SSSR count). The van der Waals surface area contributed by atoms with Gasteiger partial charge in [-0.05, 0) is 48.9 Å². The second-order valence-corrected chi connectivity index (χ2v) is 8.09. The number of ether oxygens (including phenoxy) is 1. The van der Waals surface area contributed by atoms with Crippen molar-refractivity contribution in [3.05, 3.63) is 78.6 Å². The van der Waals surface area contributed by atoms with Gasteiger partial charge in [-0.2, -0.15) is 0 Å². The molecule has 0 spiro atoms. The van der Waals surface area contributed by atoms with E-state index in [4.69, 9.17) is 9.15 Å². The maximum Gasteiger partial charge on any atom is 0.233 e. The minimum absolute atomic E-state index is 0.0806. The smallest absolute Gasteiger partial charge is 0.233 e. The Balaban J connectivity index is 1.49. The SMILES string of the molecule is COc1ccc(CNC(=O)C(C)Sc2nnc(-c3ccco3)n2-c2ccccc2)cc1. The van der Waals surface area contributed by atoms with Gasteiger partial charge in [-0.1, -0.05) is 42.1 Å². The van der Waals surface area contributed by atoms with Crippen molar-refractivity contribution in [3.8, 4) is 23.0 Å². The lowest BCUT2D eigenvalue weighted by Crippen LogP contribution is -2.30. The lowest BCUT2D eigenvalue weighted by Gasteiger charge is -2.13. The standard InChI is InChI=1S/C23H22N4O3S/c1-16(22(28)24-15-17-10-12-19(29-2)13-11-17)31-23-26-25-21(20-9-6-14-30-20)27(23)18-7-4-3-5-8-18/h3-14,16H,15H2,1-2H3,(H,24,28). The number of rotatable bonds is 8. The third-order valence-electron chi connectivity index (χ3n) is 4.67. The number of hydrogen-bond acceptors (Lipinski definition) is 6. The van der Waals surface area contributed by atoms with E-state index in [1.165, 1.54) is 11.8 Å². The first-order valence-electron chi connectivity index (χ1n) is 9.77. The molecule has 31 heavy (non-hydrogen) atoms. The van der Waals surface area contributed by atoms with Crippen LogP contribution in [0.3, 0.4) is 0 Å². The summed E-state index contributed by atoms with van der Waals surface area (Å²) in [5.74, 6) is 1.90. The number of para-hydroxylation sites is 1. The predicted octanol–water partition coefficient (Wildman–Crippen LogP) is 4.33. The van der Waals surface area contributed by atoms with Crippen LogP contribution in [0.5, 0.6) is 5.75 Å². The van der Waals surface area contributed by atoms with Crippen LogP contribution in [0.4, 0.5) is 0 Å². The minimum atomic E-state index is -0.366. The van der Waals surface area contributed by atoms with E-state index >= 15 is 0 Å². The highest BCUT2D eigenvalue weighted by Crippen LogP contribution is 2.30. The maximum atomic E-state index is 12.7. The molecular formula is C23H22N4O3S. The van der Waals surface area contributed by atoms with Crippen LogP contribution in [0.25, 0.3) is 17.3 Å². The second-order valence-electron chi connectivity index (χ2n) is 6.78. The first-order chi connectivity index (χ1) is 15.2. The molecule has 158 valence electrons. The van der Waals surface area contributed by atoms with Gasteiger partial charge in [0.1, 0.15) is 5.75 Å². The molecule has 0 aliphatic rings. The molecule has 0 fully saturated rings. The topological polar surface area (TPSA) is 82.2 Å². The molecule has 1 atom stereocenters. The third-order valence-corrected chi connectivity index (χ3v) is 5.71. The quantitative estimate of drug-likeness (QED) is 0.416. The molecule has 0 radical (unpaired) electrons. The molecule has 0 saturated heterocycles. The summed E-state index contributed by atoms with van der Waals surface area (Å²) in [7, 11) is 1.63. The number of thioether (sulfide) groups is 1. The summed E-state index contributed by atoms with van der Waals surface area (Å²) in [4.78, 5) is 12.7. The Morgan fingerprint density at radius 2 is 1.87 bits per heavy atom. The summed E-state index contributed by atoms with van der Waals surface area (Å²) < 4.78 is 12.6. The van der Waals surface area contributed by atoms with Crippen molar-refractivity contribution in [3.63, 3.8) is 0 Å². The summed E-state index contributed by atoms with van der Waals surface area (Å²) in [6, 6.07) is 21.0. The van der Waals surface area contributed by atoms with Gasteiger partial charge in [0.2, 0.25) is 11.7 Å². The first kappa shape index (κ1) is 20.7. The number of carbonyl (C=O) groups is 1. The van der Waals surface area contributed by atoms with E-state index in [1.807, 2.05) is 72.2 Å². The number of furan rings is 1. The number of carbonyl (C=O) groups excluding carboxylic acids is 1. The summed E-state index contributed by atoms with van der Waals surface area (Å²) in [6.07, 6.45) is 1.60. The molecule has 4 aromatic rings. The fourth-order valence-corrected chi connectivity index (χ4v) is 3.90. The van der Waals surface area contributed by atoms with E-state index in [0.717, 1.165) is 17.0 Å². The average Bonchev–Trinajstić information content (AvgIpc) is 3.48. The molecule has 7 nitrogen and oxygen atoms in total. The van der Waals surface area contributed by atoms with Gasteiger partial charge in [0, 0.05) is 12.2 Å². The summed E-state index contributed by atoms with van der Waals surface area (Å²) >= 11 is 1.35. The number of methoxy groups -OCH3 is 1. The Hall–Kier alpha value is -3.52. The minimum Gasteiger partial charge on any atom is -0.497 e. The van der Waals surface area contributed by atoms with Gasteiger partial charge in [-0.25, -0.2) is 0 Å². The number of aromatic nitrogens is 3. The molecule has 1 amide bonds. The Morgan fingerprint density at radius 3 is 2.55 bits per heavy atom. The summed E-state index contributed by atoms with van der Waals surface area (Å²) in [6.45, 7) is 2.29. The number of benzene rings is 2. The molecule has 1 N–H and O–H groups in total. The van der Waals surface area contributed by atoms with Crippen LogP contribution in [0.15, 0.2) is 82.6 Å². The molecular weight excluding hydrogens is 412 g/mol. The van der Waals surface area contributed by atoms with Crippen LogP contribution in [-0.4, -0.2) is 33.0 Å². The zero-order valence-electron chi connectivity index (χ0n) is 17.2. The van der Waals surface area contributed by atoms with E-state index < -0.39 is 0 Å². The average molecular weight is 435 g/mol. The number of nitrogens with zero attached hydrogens (tertiary/aromatic N) is 3. The highest BCUT2D eigenvalue weighted by atomic mass is 32.2. The van der Waals surface area contributed by atoms with E-state index in [0.29, 0.717) is 23.3 Å². The fraction of sp³-hybridized carbons (Fsp3) is 0.174. The molecule has 2 aromatic carbocycles. The highest BCUT2D eigenvalue weighted by molar-refractivity contribution is 8.00. The molecule has 0 aliphatic heterocycles. The van der Waals surface area contributed by atoms with E-state index in [1.54, 1.807) is 19.4 Å². The molecule has 0 aliphatic carbocycles. The van der Waals surface area contributed by atoms with Gasteiger partial charge in [0.25, 0.3) is 0 Å². The van der Waals surface area contributed by atoms with Crippen molar-refractivity contribution in [2.75, 3.05) is 7.11 Å². The van der Waals surface area contributed by atoms with Crippen molar-refractivity contribution in [2.45, 2.75) is 23.9 Å². The largest absolute Gasteiger partial charge is 0.497 e. The molecule has 0 bridgehead atoms. The molecule has 8 heteroatoms. The molecule has 0 saturated carbocycles. The fourth-order valence-electron chi connectivity index (χ4n) is 3.01. The van der Waals surface area contributed by atoms with Gasteiger partial charge < -0.3 is 14.5 Å². The van der Waals surface area contributed by atoms with Gasteiger partial charge in [0.05, 0.1) is 18.6 Å². The van der Waals surface area contributed by atoms with Crippen LogP contribution in [0, 0.1) is 0 Å². The highest BCUT2D eigenvalue weighted by Gasteiger charge is 2.22. The van der Waals surface area contributed by atoms with E-state index in [2.05, 4.69) is 15.5 Å². The Labute approximate surface area is 184 Å². The van der Waals surface area contributed by atoms with E-state index in [9.17, 15) is 4.79 Å². The van der Waals surface area contributed by atoms with Crippen molar-refractivity contribution < 1.29 is 13.9 Å². The van der Waals surface area contributed by atoms with Crippen LogP contribution >= 0.6 is 11.8 Å². The lowest BCUT2D eigenvalue weighted by atomic mass is 10.2. The third kappa shape index (κ3) is 4.80. The monoisotopic (exact) mass is 434 g/mol. The summed E-state index contributed by atoms with van der Waals surface area (Å²) in [5, 5.41) is 11.9. The molecule has 1 unspecified atom stereocenters. The van der Waals surface area contributed by atoms with Crippen LogP contribution in [-0.2, 0) is 11.3 Å². The maximum absolute atomic E-state index is 12.7. The number of nitrogens with one attached hydrogen (secondary N) is 1.